The van der Waals surface area contributed by atoms with Crippen LogP contribution in [0.5, 0.6) is 0 Å². The average molecular weight is 627 g/mol. The van der Waals surface area contributed by atoms with Gasteiger partial charge in [0.1, 0.15) is 12.4 Å². The van der Waals surface area contributed by atoms with Gasteiger partial charge >= 0.3 is 6.09 Å². The summed E-state index contributed by atoms with van der Waals surface area (Å²) < 4.78 is 18.7. The van der Waals surface area contributed by atoms with E-state index in [0.717, 1.165) is 50.9 Å². The van der Waals surface area contributed by atoms with E-state index in [9.17, 15) is 14.0 Å². The SMILES string of the molecule is O=C(OCc1ccccc1)N1CCC(C(=O)N(CCCN2CCC(Cc3ccc(F)cc3)CC2)c2ccc(Cl)c(Cl)c2)C1. The van der Waals surface area contributed by atoms with E-state index in [1.807, 2.05) is 48.5 Å². The molecule has 0 aliphatic carbocycles. The van der Waals surface area contributed by atoms with E-state index in [1.165, 1.54) is 17.7 Å². The lowest BCUT2D eigenvalue weighted by Gasteiger charge is -2.33. The molecule has 43 heavy (non-hydrogen) atoms. The molecule has 2 amide bonds. The highest BCUT2D eigenvalue weighted by atomic mass is 35.5. The number of carbonyl (C=O) groups excluding carboxylic acids is 2. The Bertz CT molecular complexity index is 1370. The summed E-state index contributed by atoms with van der Waals surface area (Å²) in [7, 11) is 0. The summed E-state index contributed by atoms with van der Waals surface area (Å²) in [5.74, 6) is 0.0648. The van der Waals surface area contributed by atoms with Crippen LogP contribution in [0.3, 0.4) is 0 Å². The zero-order valence-corrected chi connectivity index (χ0v) is 25.8. The molecule has 2 heterocycles. The Morgan fingerprint density at radius 2 is 1.63 bits per heavy atom. The number of likely N-dealkylation sites (tertiary alicyclic amines) is 2. The number of carbonyl (C=O) groups is 2. The first-order valence-corrected chi connectivity index (χ1v) is 15.8. The first kappa shape index (κ1) is 31.3. The second-order valence-electron chi connectivity index (χ2n) is 11.5. The van der Waals surface area contributed by atoms with Crippen LogP contribution in [0, 0.1) is 17.7 Å². The van der Waals surface area contributed by atoms with Gasteiger partial charge in [0.2, 0.25) is 5.91 Å². The number of nitrogens with zero attached hydrogens (tertiary/aromatic N) is 3. The van der Waals surface area contributed by atoms with E-state index in [4.69, 9.17) is 27.9 Å². The van der Waals surface area contributed by atoms with Crippen LogP contribution >= 0.6 is 23.2 Å². The van der Waals surface area contributed by atoms with E-state index in [-0.39, 0.29) is 24.2 Å². The van der Waals surface area contributed by atoms with Crippen molar-refractivity contribution in [3.8, 4) is 0 Å². The largest absolute Gasteiger partial charge is 0.445 e. The Morgan fingerprint density at radius 3 is 2.35 bits per heavy atom. The fourth-order valence-corrected chi connectivity index (χ4v) is 6.29. The molecule has 0 spiro atoms. The van der Waals surface area contributed by atoms with Crippen molar-refractivity contribution in [2.24, 2.45) is 11.8 Å². The molecule has 1 unspecified atom stereocenters. The number of anilines is 1. The molecule has 0 bridgehead atoms. The van der Waals surface area contributed by atoms with E-state index in [2.05, 4.69) is 4.90 Å². The third-order valence-electron chi connectivity index (χ3n) is 8.48. The summed E-state index contributed by atoms with van der Waals surface area (Å²) in [6.45, 7) is 4.45. The summed E-state index contributed by atoms with van der Waals surface area (Å²) >= 11 is 12.5. The summed E-state index contributed by atoms with van der Waals surface area (Å²) in [6, 6.07) is 21.7. The molecule has 0 N–H and O–H groups in total. The fraction of sp³-hybridized carbons (Fsp3) is 0.412. The fourth-order valence-electron chi connectivity index (χ4n) is 6.00. The van der Waals surface area contributed by atoms with Gasteiger partial charge in [0.25, 0.3) is 0 Å². The van der Waals surface area contributed by atoms with Gasteiger partial charge in [-0.05, 0) is 99.1 Å². The van der Waals surface area contributed by atoms with Crippen LogP contribution < -0.4 is 4.90 Å². The molecule has 0 radical (unpaired) electrons. The Kier molecular flexibility index (Phi) is 11.0. The van der Waals surface area contributed by atoms with Crippen molar-refractivity contribution in [3.63, 3.8) is 0 Å². The van der Waals surface area contributed by atoms with Crippen LogP contribution in [0.2, 0.25) is 10.0 Å². The molecule has 5 rings (SSSR count). The van der Waals surface area contributed by atoms with E-state index >= 15 is 0 Å². The zero-order valence-electron chi connectivity index (χ0n) is 24.3. The number of hydrogen-bond donors (Lipinski definition) is 0. The first-order valence-electron chi connectivity index (χ1n) is 15.0. The third-order valence-corrected chi connectivity index (χ3v) is 9.22. The van der Waals surface area contributed by atoms with Crippen molar-refractivity contribution < 1.29 is 18.7 Å². The van der Waals surface area contributed by atoms with Gasteiger partial charge in [-0.1, -0.05) is 65.7 Å². The minimum Gasteiger partial charge on any atom is -0.445 e. The number of amides is 2. The Morgan fingerprint density at radius 1 is 0.884 bits per heavy atom. The summed E-state index contributed by atoms with van der Waals surface area (Å²) in [6.07, 6.45) is 4.17. The Labute approximate surface area is 263 Å². The number of ether oxygens (including phenoxy) is 1. The van der Waals surface area contributed by atoms with Crippen molar-refractivity contribution in [2.45, 2.75) is 38.7 Å². The number of rotatable bonds is 10. The predicted molar refractivity (Wildman–Crippen MR) is 169 cm³/mol. The van der Waals surface area contributed by atoms with Gasteiger partial charge in [-0.15, -0.1) is 0 Å². The quantitative estimate of drug-likeness (QED) is 0.234. The third kappa shape index (κ3) is 8.71. The van der Waals surface area contributed by atoms with Crippen LogP contribution in [0.4, 0.5) is 14.9 Å². The molecule has 2 saturated heterocycles. The lowest BCUT2D eigenvalue weighted by molar-refractivity contribution is -0.122. The predicted octanol–water partition coefficient (Wildman–Crippen LogP) is 7.47. The standard InChI is InChI=1S/C34H38Cl2FN3O3/c35-31-12-11-30(22-32(31)36)40(17-4-16-38-18-13-26(14-19-38)21-25-7-9-29(37)10-8-25)33(41)28-15-20-39(23-28)34(42)43-24-27-5-2-1-3-6-27/h1-3,5-12,22,26,28H,4,13-21,23-24H2. The van der Waals surface area contributed by atoms with Crippen molar-refractivity contribution in [1.82, 2.24) is 9.80 Å². The normalized spacial score (nSPS) is 17.7. The Hall–Kier alpha value is -3.13. The molecule has 9 heteroatoms. The molecule has 2 aliphatic rings. The first-order chi connectivity index (χ1) is 20.9. The molecule has 0 saturated carbocycles. The van der Waals surface area contributed by atoms with Crippen molar-refractivity contribution in [3.05, 3.63) is 99.8 Å². The molecule has 2 aliphatic heterocycles. The zero-order chi connectivity index (χ0) is 30.2. The van der Waals surface area contributed by atoms with Crippen LogP contribution in [0.25, 0.3) is 0 Å². The maximum absolute atomic E-state index is 13.8. The second kappa shape index (κ2) is 15.0. The van der Waals surface area contributed by atoms with Gasteiger partial charge in [0.05, 0.1) is 16.0 Å². The molecular formula is C34H38Cl2FN3O3. The Balaban J connectivity index is 1.13. The maximum Gasteiger partial charge on any atom is 0.410 e. The number of hydrogen-bond acceptors (Lipinski definition) is 4. The lowest BCUT2D eigenvalue weighted by Crippen LogP contribution is -2.41. The summed E-state index contributed by atoms with van der Waals surface area (Å²) in [5.41, 5.74) is 2.82. The van der Waals surface area contributed by atoms with Crippen molar-refractivity contribution in [1.29, 1.82) is 0 Å². The topological polar surface area (TPSA) is 53.1 Å². The number of halogens is 3. The van der Waals surface area contributed by atoms with Crippen LogP contribution in [-0.4, -0.2) is 61.1 Å². The van der Waals surface area contributed by atoms with E-state index < -0.39 is 6.09 Å². The second-order valence-corrected chi connectivity index (χ2v) is 12.3. The molecular weight excluding hydrogens is 588 g/mol. The van der Waals surface area contributed by atoms with Gasteiger partial charge < -0.3 is 19.4 Å². The maximum atomic E-state index is 13.8. The van der Waals surface area contributed by atoms with Crippen molar-refractivity contribution in [2.75, 3.05) is 44.2 Å². The highest BCUT2D eigenvalue weighted by Crippen LogP contribution is 2.30. The molecule has 0 aromatic heterocycles. The average Bonchev–Trinajstić information content (AvgIpc) is 3.53. The molecule has 2 fully saturated rings. The van der Waals surface area contributed by atoms with Gasteiger partial charge in [-0.2, -0.15) is 0 Å². The van der Waals surface area contributed by atoms with Crippen LogP contribution in [0.1, 0.15) is 36.8 Å². The number of piperidine rings is 1. The highest BCUT2D eigenvalue weighted by molar-refractivity contribution is 6.42. The summed E-state index contributed by atoms with van der Waals surface area (Å²) in [4.78, 5) is 32.4. The lowest BCUT2D eigenvalue weighted by atomic mass is 9.90. The van der Waals surface area contributed by atoms with E-state index in [1.54, 1.807) is 21.9 Å². The minimum atomic E-state index is -0.400. The minimum absolute atomic E-state index is 0.0187. The monoisotopic (exact) mass is 625 g/mol. The van der Waals surface area contributed by atoms with Gasteiger partial charge in [-0.3, -0.25) is 4.79 Å². The smallest absolute Gasteiger partial charge is 0.410 e. The van der Waals surface area contributed by atoms with E-state index in [0.29, 0.717) is 47.7 Å². The van der Waals surface area contributed by atoms with Crippen LogP contribution in [-0.2, 0) is 22.6 Å². The molecule has 6 nitrogen and oxygen atoms in total. The molecule has 3 aromatic carbocycles. The van der Waals surface area contributed by atoms with Gasteiger partial charge in [0, 0.05) is 25.3 Å². The molecule has 228 valence electrons. The summed E-state index contributed by atoms with van der Waals surface area (Å²) in [5, 5.41) is 0.840. The van der Waals surface area contributed by atoms with Gasteiger partial charge in [0.15, 0.2) is 0 Å². The number of benzene rings is 3. The highest BCUT2D eigenvalue weighted by Gasteiger charge is 2.35. The van der Waals surface area contributed by atoms with Gasteiger partial charge in [-0.25, -0.2) is 9.18 Å². The molecule has 3 aromatic rings. The van der Waals surface area contributed by atoms with Crippen molar-refractivity contribution >= 4 is 40.9 Å². The van der Waals surface area contributed by atoms with Crippen LogP contribution in [0.15, 0.2) is 72.8 Å². The molecule has 1 atom stereocenters.